The smallest absolute Gasteiger partial charge is 0.237 e. The minimum Gasteiger partial charge on any atom is -0.508 e. The van der Waals surface area contributed by atoms with Crippen LogP contribution in [0.3, 0.4) is 0 Å². The van der Waals surface area contributed by atoms with Gasteiger partial charge in [0.15, 0.2) is 0 Å². The first kappa shape index (κ1) is 22.2. The van der Waals surface area contributed by atoms with Gasteiger partial charge < -0.3 is 15.7 Å². The van der Waals surface area contributed by atoms with E-state index in [-0.39, 0.29) is 29.6 Å². The Bertz CT molecular complexity index is 843. The second-order valence-corrected chi connectivity index (χ2v) is 8.44. The van der Waals surface area contributed by atoms with Crippen LogP contribution in [0.4, 0.5) is 4.39 Å². The molecule has 5 nitrogen and oxygen atoms in total. The van der Waals surface area contributed by atoms with Gasteiger partial charge in [-0.3, -0.25) is 9.69 Å². The summed E-state index contributed by atoms with van der Waals surface area (Å²) in [6.07, 6.45) is 1.19. The second-order valence-electron chi connectivity index (χ2n) is 8.44. The Labute approximate surface area is 178 Å². The fraction of sp³-hybridized carbons (Fsp3) is 0.458. The third-order valence-corrected chi connectivity index (χ3v) is 5.53. The number of rotatable bonds is 9. The van der Waals surface area contributed by atoms with Gasteiger partial charge in [-0.15, -0.1) is 0 Å². The molecule has 3 N–H and O–H groups in total. The number of nitrogens with zero attached hydrogens (tertiary/aromatic N) is 1. The van der Waals surface area contributed by atoms with Crippen molar-refractivity contribution in [3.63, 3.8) is 0 Å². The first-order valence-electron chi connectivity index (χ1n) is 10.7. The molecular weight excluding hydrogens is 381 g/mol. The van der Waals surface area contributed by atoms with Crippen LogP contribution >= 0.6 is 0 Å². The molecule has 0 aromatic heterocycles. The van der Waals surface area contributed by atoms with Crippen molar-refractivity contribution in [1.29, 1.82) is 0 Å². The zero-order valence-electron chi connectivity index (χ0n) is 17.8. The largest absolute Gasteiger partial charge is 0.508 e. The summed E-state index contributed by atoms with van der Waals surface area (Å²) >= 11 is 0. The Balaban J connectivity index is 1.55. The molecule has 1 saturated heterocycles. The van der Waals surface area contributed by atoms with Crippen LogP contribution in [-0.4, -0.2) is 47.6 Å². The number of nitrogens with one attached hydrogen (secondary N) is 2. The number of para-hydroxylation sites is 1. The third-order valence-electron chi connectivity index (χ3n) is 5.53. The molecule has 2 aromatic rings. The zero-order valence-corrected chi connectivity index (χ0v) is 17.8. The number of hydrogen-bond acceptors (Lipinski definition) is 4. The molecule has 1 aliphatic rings. The van der Waals surface area contributed by atoms with E-state index >= 15 is 0 Å². The lowest BCUT2D eigenvalue weighted by Gasteiger charge is -2.25. The molecule has 0 saturated carbocycles. The van der Waals surface area contributed by atoms with Crippen LogP contribution in [0.2, 0.25) is 0 Å². The summed E-state index contributed by atoms with van der Waals surface area (Å²) in [7, 11) is 0. The molecule has 2 atom stereocenters. The van der Waals surface area contributed by atoms with E-state index in [9.17, 15) is 14.3 Å². The Morgan fingerprint density at radius 1 is 1.17 bits per heavy atom. The highest BCUT2D eigenvalue weighted by Crippen LogP contribution is 2.21. The van der Waals surface area contributed by atoms with Crippen molar-refractivity contribution < 1.29 is 14.3 Å². The van der Waals surface area contributed by atoms with E-state index in [1.54, 1.807) is 24.3 Å². The molecule has 0 spiro atoms. The van der Waals surface area contributed by atoms with Crippen molar-refractivity contribution >= 4 is 5.91 Å². The summed E-state index contributed by atoms with van der Waals surface area (Å²) < 4.78 is 13.8. The number of aromatic hydroxyl groups is 1. The van der Waals surface area contributed by atoms with Crippen molar-refractivity contribution in [3.8, 4) is 5.75 Å². The summed E-state index contributed by atoms with van der Waals surface area (Å²) in [6.45, 7) is 6.92. The second kappa shape index (κ2) is 10.5. The van der Waals surface area contributed by atoms with E-state index in [4.69, 9.17) is 0 Å². The lowest BCUT2D eigenvalue weighted by molar-refractivity contribution is -0.125. The number of halogens is 1. The maximum atomic E-state index is 13.8. The Morgan fingerprint density at radius 3 is 2.57 bits per heavy atom. The Morgan fingerprint density at radius 2 is 1.87 bits per heavy atom. The first-order valence-corrected chi connectivity index (χ1v) is 10.7. The number of carbonyl (C=O) groups is 1. The van der Waals surface area contributed by atoms with E-state index in [2.05, 4.69) is 29.4 Å². The molecule has 1 aliphatic heterocycles. The van der Waals surface area contributed by atoms with Gasteiger partial charge in [0.05, 0.1) is 6.04 Å². The predicted molar refractivity (Wildman–Crippen MR) is 117 cm³/mol. The lowest BCUT2D eigenvalue weighted by atomic mass is 10.1. The number of hydrogen-bond donors (Lipinski definition) is 3. The van der Waals surface area contributed by atoms with Gasteiger partial charge in [0, 0.05) is 37.8 Å². The van der Waals surface area contributed by atoms with E-state index in [1.165, 1.54) is 6.07 Å². The lowest BCUT2D eigenvalue weighted by Crippen LogP contribution is -2.45. The molecule has 0 aliphatic carbocycles. The molecule has 2 aromatic carbocycles. The standard InChI is InChI=1S/C24H32FN3O2/c1-17(2)15-28-16-20(27-14-19-8-4-6-10-23(19)29)13-22(28)24(30)26-12-11-18-7-3-5-9-21(18)25/h3-10,17,20,22,27,29H,11-16H2,1-2H3,(H,26,30)/t20-,22+/m1/s1. The van der Waals surface area contributed by atoms with Crippen LogP contribution in [0.15, 0.2) is 48.5 Å². The van der Waals surface area contributed by atoms with Gasteiger partial charge in [-0.25, -0.2) is 4.39 Å². The molecule has 0 bridgehead atoms. The predicted octanol–water partition coefficient (Wildman–Crippen LogP) is 3.08. The number of phenolic OH excluding ortho intramolecular Hbond substituents is 1. The summed E-state index contributed by atoms with van der Waals surface area (Å²) in [4.78, 5) is 15.1. The Kier molecular flexibility index (Phi) is 7.82. The molecule has 162 valence electrons. The van der Waals surface area contributed by atoms with Crippen LogP contribution in [-0.2, 0) is 17.8 Å². The van der Waals surface area contributed by atoms with E-state index in [0.29, 0.717) is 37.4 Å². The minimum absolute atomic E-state index is 0.00107. The molecule has 0 radical (unpaired) electrons. The van der Waals surface area contributed by atoms with Gasteiger partial charge in [0.1, 0.15) is 11.6 Å². The molecule has 3 rings (SSSR count). The zero-order chi connectivity index (χ0) is 21.5. The highest BCUT2D eigenvalue weighted by Gasteiger charge is 2.36. The monoisotopic (exact) mass is 413 g/mol. The van der Waals surface area contributed by atoms with E-state index in [0.717, 1.165) is 18.7 Å². The number of carbonyl (C=O) groups excluding carboxylic acids is 1. The van der Waals surface area contributed by atoms with Gasteiger partial charge in [-0.1, -0.05) is 50.2 Å². The fourth-order valence-electron chi connectivity index (χ4n) is 4.05. The third kappa shape index (κ3) is 6.03. The first-order chi connectivity index (χ1) is 14.4. The van der Waals surface area contributed by atoms with Gasteiger partial charge in [-0.05, 0) is 36.5 Å². The molecule has 1 heterocycles. The Hall–Kier alpha value is -2.44. The van der Waals surface area contributed by atoms with Gasteiger partial charge in [-0.2, -0.15) is 0 Å². The molecule has 6 heteroatoms. The molecule has 30 heavy (non-hydrogen) atoms. The van der Waals surface area contributed by atoms with Crippen molar-refractivity contribution in [2.24, 2.45) is 5.92 Å². The minimum atomic E-state index is -0.234. The van der Waals surface area contributed by atoms with Crippen LogP contribution in [0.25, 0.3) is 0 Å². The molecule has 1 fully saturated rings. The number of amides is 1. The van der Waals surface area contributed by atoms with E-state index < -0.39 is 0 Å². The highest BCUT2D eigenvalue weighted by molar-refractivity contribution is 5.82. The number of benzene rings is 2. The molecule has 1 amide bonds. The van der Waals surface area contributed by atoms with Gasteiger partial charge >= 0.3 is 0 Å². The van der Waals surface area contributed by atoms with Crippen LogP contribution in [0, 0.1) is 11.7 Å². The summed E-state index contributed by atoms with van der Waals surface area (Å²) in [5.74, 6) is 0.501. The quantitative estimate of drug-likeness (QED) is 0.591. The van der Waals surface area contributed by atoms with Crippen LogP contribution in [0.5, 0.6) is 5.75 Å². The number of likely N-dealkylation sites (tertiary alicyclic amines) is 1. The maximum Gasteiger partial charge on any atom is 0.237 e. The van der Waals surface area contributed by atoms with Crippen molar-refractivity contribution in [3.05, 3.63) is 65.5 Å². The van der Waals surface area contributed by atoms with Crippen molar-refractivity contribution in [2.75, 3.05) is 19.6 Å². The summed E-state index contributed by atoms with van der Waals surface area (Å²) in [5.41, 5.74) is 1.47. The average Bonchev–Trinajstić information content (AvgIpc) is 3.11. The SMILES string of the molecule is CC(C)CN1C[C@H](NCc2ccccc2O)C[C@H]1C(=O)NCCc1ccccc1F. The molecular formula is C24H32FN3O2. The van der Waals surface area contributed by atoms with Crippen molar-refractivity contribution in [2.45, 2.75) is 45.3 Å². The van der Waals surface area contributed by atoms with E-state index in [1.807, 2.05) is 18.2 Å². The van der Waals surface area contributed by atoms with Gasteiger partial charge in [0.25, 0.3) is 0 Å². The summed E-state index contributed by atoms with van der Waals surface area (Å²) in [6, 6.07) is 13.9. The van der Waals surface area contributed by atoms with Gasteiger partial charge in [0.2, 0.25) is 5.91 Å². The average molecular weight is 414 g/mol. The topological polar surface area (TPSA) is 64.6 Å². The maximum absolute atomic E-state index is 13.8. The fourth-order valence-corrected chi connectivity index (χ4v) is 4.05. The highest BCUT2D eigenvalue weighted by atomic mass is 19.1. The van der Waals surface area contributed by atoms with Crippen LogP contribution < -0.4 is 10.6 Å². The normalized spacial score (nSPS) is 19.3. The van der Waals surface area contributed by atoms with Crippen LogP contribution in [0.1, 0.15) is 31.4 Å². The van der Waals surface area contributed by atoms with Crippen molar-refractivity contribution in [1.82, 2.24) is 15.5 Å². The molecule has 0 unspecified atom stereocenters. The summed E-state index contributed by atoms with van der Waals surface area (Å²) in [5, 5.41) is 16.4. The number of phenols is 1.